The first-order valence-corrected chi connectivity index (χ1v) is 7.16. The predicted molar refractivity (Wildman–Crippen MR) is 96.8 cm³/mol. The van der Waals surface area contributed by atoms with Gasteiger partial charge in [0.2, 0.25) is 0 Å². The molecule has 0 radical (unpaired) electrons. The molecule has 0 spiro atoms. The van der Waals surface area contributed by atoms with Crippen molar-refractivity contribution in [2.24, 2.45) is 4.99 Å². The van der Waals surface area contributed by atoms with Gasteiger partial charge in [0, 0.05) is 13.1 Å². The molecule has 8 heteroatoms. The molecule has 23 heavy (non-hydrogen) atoms. The van der Waals surface area contributed by atoms with Gasteiger partial charge in [-0.2, -0.15) is 13.2 Å². The highest BCUT2D eigenvalue weighted by molar-refractivity contribution is 14.0. The summed E-state index contributed by atoms with van der Waals surface area (Å²) in [4.78, 5) is 3.91. The Balaban J connectivity index is 0.00000484. The first kappa shape index (κ1) is 21.8. The molecule has 0 fully saturated rings. The fourth-order valence-electron chi connectivity index (χ4n) is 1.79. The zero-order chi connectivity index (χ0) is 16.4. The Hall–Kier alpha value is -1.19. The molecule has 0 amide bonds. The maximum atomic E-state index is 12.1. The van der Waals surface area contributed by atoms with E-state index in [0.717, 1.165) is 17.7 Å². The van der Waals surface area contributed by atoms with Gasteiger partial charge >= 0.3 is 6.18 Å². The first-order chi connectivity index (χ1) is 10.4. The highest BCUT2D eigenvalue weighted by Gasteiger charge is 2.26. The summed E-state index contributed by atoms with van der Waals surface area (Å²) >= 11 is 0. The normalized spacial score (nSPS) is 11.6. The minimum absolute atomic E-state index is 0. The number of aliphatic imine (C=N–C) groups is 1. The maximum Gasteiger partial charge on any atom is 0.390 e. The average molecular weight is 445 g/mol. The third kappa shape index (κ3) is 10.2. The molecule has 0 aliphatic rings. The van der Waals surface area contributed by atoms with E-state index in [4.69, 9.17) is 4.74 Å². The van der Waals surface area contributed by atoms with Crippen molar-refractivity contribution >= 4 is 29.9 Å². The Labute approximate surface area is 151 Å². The summed E-state index contributed by atoms with van der Waals surface area (Å²) in [6.07, 6.45) is -4.37. The van der Waals surface area contributed by atoms with Gasteiger partial charge in [-0.1, -0.05) is 12.1 Å². The van der Waals surface area contributed by atoms with Crippen LogP contribution < -0.4 is 15.4 Å². The molecule has 0 saturated heterocycles. The fourth-order valence-corrected chi connectivity index (χ4v) is 1.79. The van der Waals surface area contributed by atoms with Crippen LogP contribution in [0.5, 0.6) is 5.75 Å². The van der Waals surface area contributed by atoms with Crippen LogP contribution in [0.4, 0.5) is 13.2 Å². The molecular weight excluding hydrogens is 422 g/mol. The van der Waals surface area contributed by atoms with Crippen LogP contribution in [-0.4, -0.2) is 38.9 Å². The molecule has 0 atom stereocenters. The number of hydrogen-bond donors (Lipinski definition) is 2. The Morgan fingerprint density at radius 3 is 2.61 bits per heavy atom. The molecule has 1 aromatic rings. The second-order valence-electron chi connectivity index (χ2n) is 4.65. The summed E-state index contributed by atoms with van der Waals surface area (Å²) in [6.45, 7) is 2.75. The standard InChI is InChI=1S/C15H22F3N3O.HI/c1-3-19-14(21-10-8-15(16,17)18)20-9-7-12-5-4-6-13(11-12)22-2;/h4-6,11H,3,7-10H2,1-2H3,(H2,19,20,21);1H. The Bertz CT molecular complexity index is 481. The lowest BCUT2D eigenvalue weighted by molar-refractivity contribution is -0.132. The van der Waals surface area contributed by atoms with Crippen LogP contribution in [0.3, 0.4) is 0 Å². The molecule has 2 N–H and O–H groups in total. The largest absolute Gasteiger partial charge is 0.497 e. The van der Waals surface area contributed by atoms with Gasteiger partial charge in [0.25, 0.3) is 0 Å². The third-order valence-corrected chi connectivity index (χ3v) is 2.85. The number of ether oxygens (including phenoxy) is 1. The first-order valence-electron chi connectivity index (χ1n) is 7.16. The number of rotatable bonds is 7. The number of guanidine groups is 1. The van der Waals surface area contributed by atoms with Crippen LogP contribution >= 0.6 is 24.0 Å². The molecule has 132 valence electrons. The Morgan fingerprint density at radius 1 is 1.26 bits per heavy atom. The predicted octanol–water partition coefficient (Wildman–Crippen LogP) is 3.36. The highest BCUT2D eigenvalue weighted by Crippen LogP contribution is 2.18. The van der Waals surface area contributed by atoms with Crippen molar-refractivity contribution in [3.63, 3.8) is 0 Å². The van der Waals surface area contributed by atoms with Gasteiger partial charge in [-0.15, -0.1) is 24.0 Å². The van der Waals surface area contributed by atoms with Crippen molar-refractivity contribution in [3.8, 4) is 5.75 Å². The van der Waals surface area contributed by atoms with Crippen molar-refractivity contribution in [2.45, 2.75) is 25.9 Å². The second-order valence-corrected chi connectivity index (χ2v) is 4.65. The van der Waals surface area contributed by atoms with E-state index < -0.39 is 12.6 Å². The van der Waals surface area contributed by atoms with E-state index in [2.05, 4.69) is 15.6 Å². The zero-order valence-corrected chi connectivity index (χ0v) is 15.6. The molecule has 0 saturated carbocycles. The quantitative estimate of drug-likeness (QED) is 0.385. The van der Waals surface area contributed by atoms with Gasteiger partial charge in [0.1, 0.15) is 5.75 Å². The third-order valence-electron chi connectivity index (χ3n) is 2.85. The van der Waals surface area contributed by atoms with Crippen molar-refractivity contribution < 1.29 is 17.9 Å². The lowest BCUT2D eigenvalue weighted by atomic mass is 10.1. The van der Waals surface area contributed by atoms with E-state index in [-0.39, 0.29) is 30.5 Å². The molecule has 0 aliphatic heterocycles. The van der Waals surface area contributed by atoms with E-state index in [0.29, 0.717) is 19.0 Å². The van der Waals surface area contributed by atoms with Crippen molar-refractivity contribution in [2.75, 3.05) is 26.7 Å². The van der Waals surface area contributed by atoms with Gasteiger partial charge < -0.3 is 15.4 Å². The lowest BCUT2D eigenvalue weighted by Gasteiger charge is -2.12. The van der Waals surface area contributed by atoms with Crippen LogP contribution in [0, 0.1) is 0 Å². The molecule has 0 unspecified atom stereocenters. The smallest absolute Gasteiger partial charge is 0.390 e. The molecular formula is C15H23F3IN3O. The maximum absolute atomic E-state index is 12.1. The summed E-state index contributed by atoms with van der Waals surface area (Å²) in [5, 5.41) is 5.95. The minimum Gasteiger partial charge on any atom is -0.497 e. The summed E-state index contributed by atoms with van der Waals surface area (Å²) in [6, 6.07) is 7.66. The summed E-state index contributed by atoms with van der Waals surface area (Å²) < 4.78 is 41.5. The molecule has 0 aliphatic carbocycles. The van der Waals surface area contributed by atoms with Gasteiger partial charge in [-0.25, -0.2) is 0 Å². The van der Waals surface area contributed by atoms with Gasteiger partial charge in [-0.05, 0) is 31.0 Å². The molecule has 0 bridgehead atoms. The topological polar surface area (TPSA) is 45.7 Å². The number of halogens is 4. The zero-order valence-electron chi connectivity index (χ0n) is 13.2. The summed E-state index contributed by atoms with van der Waals surface area (Å²) in [5.41, 5.74) is 1.08. The average Bonchev–Trinajstić information content (AvgIpc) is 2.46. The lowest BCUT2D eigenvalue weighted by Crippen LogP contribution is -2.38. The molecule has 0 aromatic heterocycles. The molecule has 4 nitrogen and oxygen atoms in total. The summed E-state index contributed by atoms with van der Waals surface area (Å²) in [5.74, 6) is 1.18. The van der Waals surface area contributed by atoms with E-state index in [1.165, 1.54) is 0 Å². The van der Waals surface area contributed by atoms with Crippen LogP contribution in [-0.2, 0) is 6.42 Å². The number of alkyl halides is 3. The van der Waals surface area contributed by atoms with Gasteiger partial charge in [0.15, 0.2) is 5.96 Å². The van der Waals surface area contributed by atoms with Crippen LogP contribution in [0.25, 0.3) is 0 Å². The van der Waals surface area contributed by atoms with E-state index in [1.807, 2.05) is 31.2 Å². The molecule has 0 heterocycles. The van der Waals surface area contributed by atoms with Gasteiger partial charge in [-0.3, -0.25) is 4.99 Å². The van der Waals surface area contributed by atoms with Crippen molar-refractivity contribution in [1.29, 1.82) is 0 Å². The van der Waals surface area contributed by atoms with E-state index in [9.17, 15) is 13.2 Å². The highest BCUT2D eigenvalue weighted by atomic mass is 127. The fraction of sp³-hybridized carbons (Fsp3) is 0.533. The Kier molecular flexibility index (Phi) is 10.8. The van der Waals surface area contributed by atoms with Crippen molar-refractivity contribution in [3.05, 3.63) is 29.8 Å². The van der Waals surface area contributed by atoms with Gasteiger partial charge in [0.05, 0.1) is 20.1 Å². The van der Waals surface area contributed by atoms with Crippen LogP contribution in [0.2, 0.25) is 0 Å². The monoisotopic (exact) mass is 445 g/mol. The number of hydrogen-bond acceptors (Lipinski definition) is 2. The second kappa shape index (κ2) is 11.4. The summed E-state index contributed by atoms with van der Waals surface area (Å²) in [7, 11) is 1.61. The van der Waals surface area contributed by atoms with Crippen molar-refractivity contribution in [1.82, 2.24) is 10.6 Å². The number of benzene rings is 1. The number of nitrogens with zero attached hydrogens (tertiary/aromatic N) is 1. The molecule has 1 aromatic carbocycles. The Morgan fingerprint density at radius 2 is 2.00 bits per heavy atom. The van der Waals surface area contributed by atoms with Crippen LogP contribution in [0.15, 0.2) is 29.3 Å². The van der Waals surface area contributed by atoms with E-state index >= 15 is 0 Å². The van der Waals surface area contributed by atoms with E-state index in [1.54, 1.807) is 7.11 Å². The number of methoxy groups -OCH3 is 1. The minimum atomic E-state index is -4.18. The van der Waals surface area contributed by atoms with Crippen LogP contribution in [0.1, 0.15) is 18.9 Å². The number of nitrogens with one attached hydrogen (secondary N) is 2. The SMILES string of the molecule is CCNC(=NCCC(F)(F)F)NCCc1cccc(OC)c1.I. The molecule has 1 rings (SSSR count).